The Hall–Kier alpha value is -1.66. The lowest BCUT2D eigenvalue weighted by atomic mass is 9.98. The summed E-state index contributed by atoms with van der Waals surface area (Å²) in [7, 11) is 3.61. The van der Waals surface area contributed by atoms with Gasteiger partial charge >= 0.3 is 0 Å². The SMILES string of the molecule is COC1CCCCC1.Cc1cn2c(C3CCOCC3)ncc2c(=O)n1C. The van der Waals surface area contributed by atoms with E-state index in [0.29, 0.717) is 17.5 Å². The Morgan fingerprint density at radius 3 is 2.46 bits per heavy atom. The molecule has 1 saturated carbocycles. The molecule has 1 saturated heterocycles. The van der Waals surface area contributed by atoms with Gasteiger partial charge in [0.2, 0.25) is 0 Å². The third kappa shape index (κ3) is 4.18. The maximum atomic E-state index is 12.1. The van der Waals surface area contributed by atoms with Gasteiger partial charge in [-0.15, -0.1) is 0 Å². The zero-order chi connectivity index (χ0) is 18.5. The molecule has 0 bridgehead atoms. The second kappa shape index (κ2) is 8.82. The molecule has 4 rings (SSSR count). The number of aryl methyl sites for hydroxylation is 1. The van der Waals surface area contributed by atoms with Crippen LogP contribution >= 0.6 is 0 Å². The third-order valence-electron chi connectivity index (χ3n) is 5.67. The van der Waals surface area contributed by atoms with Gasteiger partial charge in [-0.3, -0.25) is 9.20 Å². The fraction of sp³-hybridized carbons (Fsp3) is 0.700. The van der Waals surface area contributed by atoms with Gasteiger partial charge in [0.15, 0.2) is 0 Å². The first-order valence-electron chi connectivity index (χ1n) is 9.76. The first kappa shape index (κ1) is 19.1. The van der Waals surface area contributed by atoms with E-state index in [4.69, 9.17) is 9.47 Å². The van der Waals surface area contributed by atoms with E-state index < -0.39 is 0 Å². The summed E-state index contributed by atoms with van der Waals surface area (Å²) in [6.45, 7) is 3.50. The van der Waals surface area contributed by atoms with Gasteiger partial charge in [-0.2, -0.15) is 0 Å². The Labute approximate surface area is 155 Å². The van der Waals surface area contributed by atoms with Crippen molar-refractivity contribution in [3.05, 3.63) is 34.3 Å². The van der Waals surface area contributed by atoms with Crippen LogP contribution in [0.3, 0.4) is 0 Å². The van der Waals surface area contributed by atoms with Crippen LogP contribution in [-0.4, -0.2) is 40.4 Å². The molecule has 0 N–H and O–H groups in total. The summed E-state index contributed by atoms with van der Waals surface area (Å²) in [6.07, 6.45) is 13.0. The lowest BCUT2D eigenvalue weighted by Gasteiger charge is -2.21. The first-order valence-corrected chi connectivity index (χ1v) is 9.76. The van der Waals surface area contributed by atoms with E-state index >= 15 is 0 Å². The minimum atomic E-state index is 0.0146. The van der Waals surface area contributed by atoms with Crippen LogP contribution in [0.4, 0.5) is 0 Å². The predicted octanol–water partition coefficient (Wildman–Crippen LogP) is 3.20. The molecule has 3 heterocycles. The number of imidazole rings is 1. The quantitative estimate of drug-likeness (QED) is 0.824. The van der Waals surface area contributed by atoms with Gasteiger partial charge in [0.05, 0.1) is 12.3 Å². The Morgan fingerprint density at radius 2 is 1.85 bits per heavy atom. The summed E-state index contributed by atoms with van der Waals surface area (Å²) < 4.78 is 14.2. The van der Waals surface area contributed by atoms with E-state index in [1.165, 1.54) is 32.1 Å². The summed E-state index contributed by atoms with van der Waals surface area (Å²) in [5.41, 5.74) is 1.62. The number of hydrogen-bond donors (Lipinski definition) is 0. The van der Waals surface area contributed by atoms with Gasteiger partial charge in [-0.1, -0.05) is 19.3 Å². The number of methoxy groups -OCH3 is 1. The topological polar surface area (TPSA) is 57.8 Å². The number of nitrogens with zero attached hydrogens (tertiary/aromatic N) is 3. The van der Waals surface area contributed by atoms with Gasteiger partial charge in [-0.05, 0) is 32.6 Å². The highest BCUT2D eigenvalue weighted by atomic mass is 16.5. The summed E-state index contributed by atoms with van der Waals surface area (Å²) in [6, 6.07) is 0. The molecule has 2 aromatic rings. The van der Waals surface area contributed by atoms with E-state index in [9.17, 15) is 4.79 Å². The van der Waals surface area contributed by atoms with Gasteiger partial charge in [0.1, 0.15) is 11.3 Å². The number of hydrogen-bond acceptors (Lipinski definition) is 4. The second-order valence-corrected chi connectivity index (χ2v) is 7.39. The highest BCUT2D eigenvalue weighted by molar-refractivity contribution is 5.44. The zero-order valence-electron chi connectivity index (χ0n) is 16.2. The smallest absolute Gasteiger partial charge is 0.276 e. The molecule has 0 radical (unpaired) electrons. The summed E-state index contributed by atoms with van der Waals surface area (Å²) in [4.78, 5) is 16.6. The van der Waals surface area contributed by atoms with Crippen LogP contribution in [0.2, 0.25) is 0 Å². The van der Waals surface area contributed by atoms with Crippen molar-refractivity contribution in [2.45, 2.75) is 63.9 Å². The van der Waals surface area contributed by atoms with Crippen LogP contribution in [0.15, 0.2) is 17.2 Å². The fourth-order valence-corrected chi connectivity index (χ4v) is 3.83. The highest BCUT2D eigenvalue weighted by Crippen LogP contribution is 2.26. The summed E-state index contributed by atoms with van der Waals surface area (Å²) in [5, 5.41) is 0. The molecule has 1 aliphatic carbocycles. The van der Waals surface area contributed by atoms with Crippen LogP contribution in [-0.2, 0) is 16.5 Å². The van der Waals surface area contributed by atoms with Crippen molar-refractivity contribution >= 4 is 5.52 Å². The number of aromatic nitrogens is 3. The molecule has 6 nitrogen and oxygen atoms in total. The zero-order valence-corrected chi connectivity index (χ0v) is 16.2. The van der Waals surface area contributed by atoms with Gasteiger partial charge in [-0.25, -0.2) is 4.98 Å². The van der Waals surface area contributed by atoms with Crippen LogP contribution in [0.5, 0.6) is 0 Å². The van der Waals surface area contributed by atoms with E-state index in [-0.39, 0.29) is 5.56 Å². The predicted molar refractivity (Wildman–Crippen MR) is 102 cm³/mol. The monoisotopic (exact) mass is 361 g/mol. The molecule has 0 spiro atoms. The molecule has 2 fully saturated rings. The molecular weight excluding hydrogens is 330 g/mol. The molecule has 0 aromatic carbocycles. The Balaban J connectivity index is 0.000000206. The van der Waals surface area contributed by atoms with Crippen molar-refractivity contribution in [3.63, 3.8) is 0 Å². The fourth-order valence-electron chi connectivity index (χ4n) is 3.83. The molecule has 0 unspecified atom stereocenters. The van der Waals surface area contributed by atoms with Crippen molar-refractivity contribution in [2.24, 2.45) is 7.05 Å². The summed E-state index contributed by atoms with van der Waals surface area (Å²) in [5.74, 6) is 1.39. The molecule has 1 aliphatic heterocycles. The molecule has 0 amide bonds. The van der Waals surface area contributed by atoms with Gasteiger partial charge in [0, 0.05) is 45.2 Å². The van der Waals surface area contributed by atoms with E-state index in [1.807, 2.05) is 24.6 Å². The average Bonchev–Trinajstić information content (AvgIpc) is 3.12. The molecule has 2 aromatic heterocycles. The number of ether oxygens (including phenoxy) is 2. The van der Waals surface area contributed by atoms with E-state index in [1.54, 1.807) is 17.8 Å². The van der Waals surface area contributed by atoms with Crippen LogP contribution in [0.25, 0.3) is 5.52 Å². The minimum absolute atomic E-state index is 0.0146. The van der Waals surface area contributed by atoms with Crippen LogP contribution in [0.1, 0.15) is 62.4 Å². The number of fused-ring (bicyclic) bond motifs is 1. The summed E-state index contributed by atoms with van der Waals surface area (Å²) >= 11 is 0. The molecule has 0 atom stereocenters. The largest absolute Gasteiger partial charge is 0.381 e. The van der Waals surface area contributed by atoms with Crippen molar-refractivity contribution in [3.8, 4) is 0 Å². The third-order valence-corrected chi connectivity index (χ3v) is 5.67. The van der Waals surface area contributed by atoms with Crippen molar-refractivity contribution < 1.29 is 9.47 Å². The second-order valence-electron chi connectivity index (χ2n) is 7.39. The molecule has 2 aliphatic rings. The average molecular weight is 361 g/mol. The maximum absolute atomic E-state index is 12.1. The Kier molecular flexibility index (Phi) is 6.48. The van der Waals surface area contributed by atoms with Crippen molar-refractivity contribution in [1.82, 2.24) is 14.0 Å². The normalized spacial score (nSPS) is 19.3. The lowest BCUT2D eigenvalue weighted by molar-refractivity contribution is 0.0710. The minimum Gasteiger partial charge on any atom is -0.381 e. The standard InChI is InChI=1S/C13H17N3O2.C7H14O/c1-9-8-16-11(13(17)15(9)2)7-14-12(16)10-3-5-18-6-4-10;1-8-7-5-3-2-4-6-7/h7-8,10H,3-6H2,1-2H3;7H,2-6H2,1H3. The van der Waals surface area contributed by atoms with Gasteiger partial charge in [0.25, 0.3) is 5.56 Å². The number of rotatable bonds is 2. The van der Waals surface area contributed by atoms with E-state index in [2.05, 4.69) is 4.98 Å². The Bertz CT molecular complexity index is 768. The first-order chi connectivity index (χ1) is 12.6. The lowest BCUT2D eigenvalue weighted by Crippen LogP contribution is -2.22. The van der Waals surface area contributed by atoms with Crippen molar-refractivity contribution in [1.29, 1.82) is 0 Å². The molecule has 6 heteroatoms. The molecule has 144 valence electrons. The Morgan fingerprint density at radius 1 is 1.15 bits per heavy atom. The van der Waals surface area contributed by atoms with E-state index in [0.717, 1.165) is 37.6 Å². The highest BCUT2D eigenvalue weighted by Gasteiger charge is 2.21. The maximum Gasteiger partial charge on any atom is 0.276 e. The van der Waals surface area contributed by atoms with Crippen molar-refractivity contribution in [2.75, 3.05) is 20.3 Å². The molecular formula is C20H31N3O3. The van der Waals surface area contributed by atoms with Crippen LogP contribution in [0, 0.1) is 6.92 Å². The van der Waals surface area contributed by atoms with Gasteiger partial charge < -0.3 is 14.0 Å². The van der Waals surface area contributed by atoms with Crippen LogP contribution < -0.4 is 5.56 Å². The molecule has 26 heavy (non-hydrogen) atoms.